The second-order valence-corrected chi connectivity index (χ2v) is 5.11. The van der Waals surface area contributed by atoms with Crippen LogP contribution in [0.5, 0.6) is 0 Å². The van der Waals surface area contributed by atoms with Crippen LogP contribution < -0.4 is 0 Å². The smallest absolute Gasteiger partial charge is 0.254 e. The largest absolute Gasteiger partial charge is 0.269 e. The topological polar surface area (TPSA) is 37.4 Å². The summed E-state index contributed by atoms with van der Waals surface area (Å²) in [5, 5.41) is 0. The van der Waals surface area contributed by atoms with Crippen molar-refractivity contribution in [1.82, 2.24) is 4.90 Å². The molecule has 1 aromatic carbocycles. The van der Waals surface area contributed by atoms with Crippen molar-refractivity contribution in [3.05, 3.63) is 47.0 Å². The van der Waals surface area contributed by atoms with Gasteiger partial charge in [0.05, 0.1) is 6.04 Å². The Kier molecular flexibility index (Phi) is 2.37. The second-order valence-electron chi connectivity index (χ2n) is 5.11. The normalized spacial score (nSPS) is 26.0. The van der Waals surface area contributed by atoms with E-state index in [0.717, 1.165) is 17.5 Å². The minimum absolute atomic E-state index is 0.0915. The van der Waals surface area contributed by atoms with Gasteiger partial charge in [-0.3, -0.25) is 14.5 Å². The molecule has 1 aliphatic carbocycles. The molecule has 2 atom stereocenters. The highest BCUT2D eigenvalue weighted by atomic mass is 16.2. The number of hydrogen-bond acceptors (Lipinski definition) is 2. The SMILES string of the molecule is Cc1cccc2c1[C@@H](N1C(=O)C=CC1=O)C[C@@H]2C. The fraction of sp³-hybridized carbons (Fsp3) is 0.333. The Hall–Kier alpha value is -1.90. The van der Waals surface area contributed by atoms with Crippen LogP contribution in [0.2, 0.25) is 0 Å². The van der Waals surface area contributed by atoms with Crippen molar-refractivity contribution in [3.8, 4) is 0 Å². The van der Waals surface area contributed by atoms with Crippen molar-refractivity contribution in [1.29, 1.82) is 0 Å². The molecule has 2 amide bonds. The number of imide groups is 1. The molecule has 3 nitrogen and oxygen atoms in total. The Balaban J connectivity index is 2.08. The van der Waals surface area contributed by atoms with Crippen LogP contribution >= 0.6 is 0 Å². The predicted octanol–water partition coefficient (Wildman–Crippen LogP) is 2.47. The average molecular weight is 241 g/mol. The summed E-state index contributed by atoms with van der Waals surface area (Å²) < 4.78 is 0. The molecule has 1 aromatic rings. The molecular formula is C15H15NO2. The number of hydrogen-bond donors (Lipinski definition) is 0. The van der Waals surface area contributed by atoms with Gasteiger partial charge in [-0.15, -0.1) is 0 Å². The van der Waals surface area contributed by atoms with Crippen LogP contribution in [0.1, 0.15) is 42.0 Å². The number of amides is 2. The van der Waals surface area contributed by atoms with Crippen molar-refractivity contribution < 1.29 is 9.59 Å². The summed E-state index contributed by atoms with van der Waals surface area (Å²) in [6.45, 7) is 4.19. The van der Waals surface area contributed by atoms with Crippen molar-refractivity contribution in [2.45, 2.75) is 32.2 Å². The van der Waals surface area contributed by atoms with Crippen LogP contribution in [0.3, 0.4) is 0 Å². The van der Waals surface area contributed by atoms with Crippen molar-refractivity contribution in [3.63, 3.8) is 0 Å². The van der Waals surface area contributed by atoms with Gasteiger partial charge in [-0.25, -0.2) is 0 Å². The average Bonchev–Trinajstić information content (AvgIpc) is 2.82. The minimum Gasteiger partial charge on any atom is -0.269 e. The van der Waals surface area contributed by atoms with Gasteiger partial charge in [-0.1, -0.05) is 25.1 Å². The first kappa shape index (κ1) is 11.2. The van der Waals surface area contributed by atoms with E-state index in [2.05, 4.69) is 13.0 Å². The first-order valence-corrected chi connectivity index (χ1v) is 6.24. The Morgan fingerprint density at radius 3 is 2.50 bits per heavy atom. The second kappa shape index (κ2) is 3.80. The monoisotopic (exact) mass is 241 g/mol. The molecule has 0 fully saturated rings. The van der Waals surface area contributed by atoms with E-state index in [4.69, 9.17) is 0 Å². The summed E-state index contributed by atoms with van der Waals surface area (Å²) in [4.78, 5) is 25.0. The highest BCUT2D eigenvalue weighted by Crippen LogP contribution is 2.45. The number of rotatable bonds is 1. The Bertz CT molecular complexity index is 556. The molecule has 1 heterocycles. The van der Waals surface area contributed by atoms with E-state index in [9.17, 15) is 9.59 Å². The van der Waals surface area contributed by atoms with Crippen LogP contribution in [0.25, 0.3) is 0 Å². The third kappa shape index (κ3) is 1.43. The maximum atomic E-state index is 11.8. The molecule has 3 heteroatoms. The predicted molar refractivity (Wildman–Crippen MR) is 67.9 cm³/mol. The Morgan fingerprint density at radius 2 is 1.83 bits per heavy atom. The summed E-state index contributed by atoms with van der Waals surface area (Å²) in [7, 11) is 0. The summed E-state index contributed by atoms with van der Waals surface area (Å²) in [6.07, 6.45) is 3.56. The number of aryl methyl sites for hydroxylation is 1. The lowest BCUT2D eigenvalue weighted by Gasteiger charge is -2.24. The third-order valence-corrected chi connectivity index (χ3v) is 3.95. The molecule has 1 aliphatic heterocycles. The number of fused-ring (bicyclic) bond motifs is 1. The fourth-order valence-electron chi connectivity index (χ4n) is 3.12. The molecule has 0 aromatic heterocycles. The first-order valence-electron chi connectivity index (χ1n) is 6.24. The van der Waals surface area contributed by atoms with Gasteiger partial charge in [0.25, 0.3) is 11.8 Å². The first-order chi connectivity index (χ1) is 8.59. The summed E-state index contributed by atoms with van der Waals surface area (Å²) in [6, 6.07) is 6.10. The van der Waals surface area contributed by atoms with Gasteiger partial charge in [0.15, 0.2) is 0 Å². The van der Waals surface area contributed by atoms with E-state index in [1.165, 1.54) is 22.6 Å². The van der Waals surface area contributed by atoms with Crippen LogP contribution in [-0.2, 0) is 9.59 Å². The lowest BCUT2D eigenvalue weighted by molar-refractivity contribution is -0.139. The minimum atomic E-state index is -0.187. The van der Waals surface area contributed by atoms with E-state index in [1.807, 2.05) is 19.1 Å². The van der Waals surface area contributed by atoms with Crippen molar-refractivity contribution >= 4 is 11.8 Å². The molecule has 0 unspecified atom stereocenters. The number of carbonyl (C=O) groups excluding carboxylic acids is 2. The molecule has 92 valence electrons. The van der Waals surface area contributed by atoms with Crippen LogP contribution in [0, 0.1) is 6.92 Å². The zero-order valence-electron chi connectivity index (χ0n) is 10.5. The lowest BCUT2D eigenvalue weighted by Crippen LogP contribution is -2.33. The molecule has 0 N–H and O–H groups in total. The van der Waals surface area contributed by atoms with Crippen LogP contribution in [0.4, 0.5) is 0 Å². The van der Waals surface area contributed by atoms with E-state index in [-0.39, 0.29) is 17.9 Å². The summed E-state index contributed by atoms with van der Waals surface area (Å²) >= 11 is 0. The van der Waals surface area contributed by atoms with E-state index < -0.39 is 0 Å². The highest BCUT2D eigenvalue weighted by Gasteiger charge is 2.39. The van der Waals surface area contributed by atoms with Gasteiger partial charge in [-0.2, -0.15) is 0 Å². The van der Waals surface area contributed by atoms with E-state index >= 15 is 0 Å². The van der Waals surface area contributed by atoms with Gasteiger partial charge in [-0.05, 0) is 36.0 Å². The van der Waals surface area contributed by atoms with E-state index in [1.54, 1.807) is 0 Å². The van der Waals surface area contributed by atoms with Gasteiger partial charge in [0.2, 0.25) is 0 Å². The van der Waals surface area contributed by atoms with Gasteiger partial charge in [0, 0.05) is 12.2 Å². The molecule has 0 saturated heterocycles. The fourth-order valence-corrected chi connectivity index (χ4v) is 3.12. The van der Waals surface area contributed by atoms with Crippen molar-refractivity contribution in [2.24, 2.45) is 0 Å². The van der Waals surface area contributed by atoms with Gasteiger partial charge in [0.1, 0.15) is 0 Å². The molecule has 0 radical (unpaired) electrons. The summed E-state index contributed by atoms with van der Waals surface area (Å²) in [5.41, 5.74) is 3.59. The van der Waals surface area contributed by atoms with Gasteiger partial charge >= 0.3 is 0 Å². The lowest BCUT2D eigenvalue weighted by atomic mass is 9.99. The highest BCUT2D eigenvalue weighted by molar-refractivity contribution is 6.13. The zero-order valence-corrected chi connectivity index (χ0v) is 10.5. The third-order valence-electron chi connectivity index (χ3n) is 3.95. The maximum Gasteiger partial charge on any atom is 0.254 e. The number of nitrogens with zero attached hydrogens (tertiary/aromatic N) is 1. The molecule has 0 bridgehead atoms. The molecule has 0 spiro atoms. The quantitative estimate of drug-likeness (QED) is 0.708. The maximum absolute atomic E-state index is 11.8. The van der Waals surface area contributed by atoms with Crippen LogP contribution in [0.15, 0.2) is 30.4 Å². The molecular weight excluding hydrogens is 226 g/mol. The number of benzene rings is 1. The standard InChI is InChI=1S/C15H15NO2/c1-9-4-3-5-11-10(2)8-12(15(9)11)16-13(17)6-7-14(16)18/h3-7,10,12H,8H2,1-2H3/t10-,12-/m0/s1. The van der Waals surface area contributed by atoms with Crippen LogP contribution in [-0.4, -0.2) is 16.7 Å². The Morgan fingerprint density at radius 1 is 1.17 bits per heavy atom. The van der Waals surface area contributed by atoms with E-state index in [0.29, 0.717) is 5.92 Å². The van der Waals surface area contributed by atoms with Gasteiger partial charge < -0.3 is 0 Å². The molecule has 2 aliphatic rings. The number of carbonyl (C=O) groups is 2. The Labute approximate surface area is 106 Å². The molecule has 3 rings (SSSR count). The molecule has 18 heavy (non-hydrogen) atoms. The summed E-state index contributed by atoms with van der Waals surface area (Å²) in [5.74, 6) is 0.0210. The van der Waals surface area contributed by atoms with Crippen molar-refractivity contribution in [2.75, 3.05) is 0 Å². The zero-order chi connectivity index (χ0) is 12.9. The molecule has 0 saturated carbocycles.